The minimum atomic E-state index is 0.372. The topological polar surface area (TPSA) is 38.4 Å². The number of nitrogens with two attached hydrogens (primary N) is 1. The van der Waals surface area contributed by atoms with Crippen molar-refractivity contribution < 1.29 is 0 Å². The predicted molar refractivity (Wildman–Crippen MR) is 132 cm³/mol. The number of allylic oxidation sites excluding steroid dienone is 5. The smallest absolute Gasteiger partial charge is 0.0395 e. The van der Waals surface area contributed by atoms with Gasteiger partial charge in [0.2, 0.25) is 0 Å². The van der Waals surface area contributed by atoms with Crippen molar-refractivity contribution in [1.29, 1.82) is 0 Å². The molecule has 0 aromatic heterocycles. The van der Waals surface area contributed by atoms with Gasteiger partial charge in [0, 0.05) is 24.2 Å². The molecule has 0 spiro atoms. The van der Waals surface area contributed by atoms with Crippen LogP contribution in [0.4, 0.5) is 0 Å². The lowest BCUT2D eigenvalue weighted by atomic mass is 9.60. The van der Waals surface area contributed by atoms with Crippen molar-refractivity contribution in [3.63, 3.8) is 0 Å². The lowest BCUT2D eigenvalue weighted by Gasteiger charge is -2.44. The summed E-state index contributed by atoms with van der Waals surface area (Å²) in [5, 5.41) is 0. The maximum atomic E-state index is 6.30. The van der Waals surface area contributed by atoms with Gasteiger partial charge in [-0.05, 0) is 104 Å². The molecule has 7 atom stereocenters. The highest BCUT2D eigenvalue weighted by Crippen LogP contribution is 2.61. The second-order valence-electron chi connectivity index (χ2n) is 12.1. The van der Waals surface area contributed by atoms with E-state index < -0.39 is 0 Å². The molecule has 31 heavy (non-hydrogen) atoms. The van der Waals surface area contributed by atoms with Crippen LogP contribution >= 0.6 is 0 Å². The van der Waals surface area contributed by atoms with Crippen LogP contribution in [0.5, 0.6) is 0 Å². The van der Waals surface area contributed by atoms with E-state index in [0.717, 1.165) is 42.6 Å². The van der Waals surface area contributed by atoms with Gasteiger partial charge >= 0.3 is 0 Å². The van der Waals surface area contributed by atoms with Crippen molar-refractivity contribution in [2.24, 2.45) is 51.6 Å². The fourth-order valence-corrected chi connectivity index (χ4v) is 8.21. The maximum absolute atomic E-state index is 6.30. The van der Waals surface area contributed by atoms with Crippen LogP contribution in [0.25, 0.3) is 0 Å². The normalized spacial score (nSPS) is 40.8. The van der Waals surface area contributed by atoms with E-state index in [-0.39, 0.29) is 0 Å². The minimum Gasteiger partial charge on any atom is -0.327 e. The number of hydrogen-bond acceptors (Lipinski definition) is 2. The van der Waals surface area contributed by atoms with E-state index >= 15 is 0 Å². The molecule has 4 aliphatic carbocycles. The molecule has 5 rings (SSSR count). The highest BCUT2D eigenvalue weighted by Gasteiger charge is 2.51. The van der Waals surface area contributed by atoms with Crippen molar-refractivity contribution in [3.05, 3.63) is 34.9 Å². The first-order valence-electron chi connectivity index (χ1n) is 13.2. The van der Waals surface area contributed by atoms with Crippen LogP contribution in [-0.2, 0) is 0 Å². The third-order valence-corrected chi connectivity index (χ3v) is 9.96. The minimum absolute atomic E-state index is 0.372. The van der Waals surface area contributed by atoms with Crippen molar-refractivity contribution in [2.45, 2.75) is 91.5 Å². The average Bonchev–Trinajstić information content (AvgIpc) is 3.28. The van der Waals surface area contributed by atoms with E-state index in [1.54, 1.807) is 22.4 Å². The van der Waals surface area contributed by atoms with Crippen LogP contribution in [-0.4, -0.2) is 18.3 Å². The van der Waals surface area contributed by atoms with Gasteiger partial charge in [0.1, 0.15) is 0 Å². The molecule has 0 saturated heterocycles. The van der Waals surface area contributed by atoms with Crippen LogP contribution in [0.2, 0.25) is 0 Å². The Balaban J connectivity index is 1.35. The molecule has 1 aliphatic heterocycles. The molecular weight excluding hydrogens is 376 g/mol. The van der Waals surface area contributed by atoms with E-state index in [2.05, 4.69) is 45.9 Å². The molecule has 1 saturated carbocycles. The zero-order chi connectivity index (χ0) is 21.8. The van der Waals surface area contributed by atoms with Gasteiger partial charge < -0.3 is 5.73 Å². The summed E-state index contributed by atoms with van der Waals surface area (Å²) in [4.78, 5) is 4.98. The molecule has 5 aliphatic rings. The Labute approximate surface area is 190 Å². The summed E-state index contributed by atoms with van der Waals surface area (Å²) in [6.45, 7) is 11.0. The zero-order valence-electron chi connectivity index (χ0n) is 20.4. The van der Waals surface area contributed by atoms with Gasteiger partial charge in [-0.25, -0.2) is 0 Å². The van der Waals surface area contributed by atoms with Crippen LogP contribution in [0.15, 0.2) is 39.9 Å². The quantitative estimate of drug-likeness (QED) is 0.495. The first kappa shape index (κ1) is 21.7. The van der Waals surface area contributed by atoms with Gasteiger partial charge in [-0.3, -0.25) is 4.99 Å². The molecule has 1 heterocycles. The number of rotatable bonds is 4. The summed E-state index contributed by atoms with van der Waals surface area (Å²) in [6.07, 6.45) is 19.0. The second kappa shape index (κ2) is 8.32. The molecule has 170 valence electrons. The monoisotopic (exact) mass is 420 g/mol. The molecule has 0 aromatic rings. The third-order valence-electron chi connectivity index (χ3n) is 9.96. The first-order chi connectivity index (χ1) is 14.9. The van der Waals surface area contributed by atoms with E-state index in [9.17, 15) is 0 Å². The lowest BCUT2D eigenvalue weighted by molar-refractivity contribution is 0.130. The van der Waals surface area contributed by atoms with E-state index in [0.29, 0.717) is 17.4 Å². The molecule has 2 nitrogen and oxygen atoms in total. The van der Waals surface area contributed by atoms with Crippen LogP contribution in [0, 0.1) is 40.9 Å². The van der Waals surface area contributed by atoms with Crippen molar-refractivity contribution in [1.82, 2.24) is 0 Å². The van der Waals surface area contributed by atoms with Gasteiger partial charge in [-0.2, -0.15) is 0 Å². The van der Waals surface area contributed by atoms with Crippen molar-refractivity contribution in [2.75, 3.05) is 6.54 Å². The summed E-state index contributed by atoms with van der Waals surface area (Å²) < 4.78 is 0. The lowest BCUT2D eigenvalue weighted by Crippen LogP contribution is -2.36. The highest BCUT2D eigenvalue weighted by molar-refractivity contribution is 5.88. The second-order valence-corrected chi connectivity index (χ2v) is 12.1. The SMILES string of the molecule is CC(C)C1CCN=C1CC(C)C1CCC2C3=CCC4CC(N)CC=C4CC3=CCC21C. The number of nitrogens with zero attached hydrogens (tertiary/aromatic N) is 1. The van der Waals surface area contributed by atoms with Gasteiger partial charge in [0.15, 0.2) is 0 Å². The van der Waals surface area contributed by atoms with Crippen molar-refractivity contribution in [3.8, 4) is 0 Å². The van der Waals surface area contributed by atoms with E-state index in [1.165, 1.54) is 51.4 Å². The standard InChI is InChI=1S/C29H44N2/c1-18(2)24-12-14-31-28(24)15-19(3)26-9-10-27-25-8-6-21-17-23(30)7-5-20(21)16-22(25)11-13-29(26,27)4/h5,8,11,18-19,21,23-24,26-27H,6-7,9-10,12-17,30H2,1-4H3. The molecule has 0 aromatic carbocycles. The summed E-state index contributed by atoms with van der Waals surface area (Å²) in [6, 6.07) is 0.372. The fourth-order valence-electron chi connectivity index (χ4n) is 8.21. The third kappa shape index (κ3) is 3.81. The molecule has 7 unspecified atom stereocenters. The first-order valence-corrected chi connectivity index (χ1v) is 13.2. The summed E-state index contributed by atoms with van der Waals surface area (Å²) in [7, 11) is 0. The molecule has 2 heteroatoms. The maximum Gasteiger partial charge on any atom is 0.0395 e. The predicted octanol–water partition coefficient (Wildman–Crippen LogP) is 6.88. The summed E-state index contributed by atoms with van der Waals surface area (Å²) in [5.74, 6) is 4.50. The fraction of sp³-hybridized carbons (Fsp3) is 0.759. The Morgan fingerprint density at radius 3 is 2.74 bits per heavy atom. The number of hydrogen-bond donors (Lipinski definition) is 1. The number of fused-ring (bicyclic) bond motifs is 4. The number of aliphatic imine (C=N–C) groups is 1. The Morgan fingerprint density at radius 1 is 1.10 bits per heavy atom. The molecule has 0 bridgehead atoms. The van der Waals surface area contributed by atoms with E-state index in [1.807, 2.05) is 0 Å². The Morgan fingerprint density at radius 2 is 1.94 bits per heavy atom. The Bertz CT molecular complexity index is 828. The van der Waals surface area contributed by atoms with Crippen LogP contribution in [0.3, 0.4) is 0 Å². The molecule has 0 radical (unpaired) electrons. The van der Waals surface area contributed by atoms with Crippen LogP contribution in [0.1, 0.15) is 85.5 Å². The Hall–Kier alpha value is -1.15. The van der Waals surface area contributed by atoms with Gasteiger partial charge in [-0.15, -0.1) is 0 Å². The molecule has 1 fully saturated rings. The van der Waals surface area contributed by atoms with Gasteiger partial charge in [-0.1, -0.05) is 51.5 Å². The van der Waals surface area contributed by atoms with Crippen molar-refractivity contribution >= 4 is 5.71 Å². The zero-order valence-corrected chi connectivity index (χ0v) is 20.4. The molecule has 2 N–H and O–H groups in total. The summed E-state index contributed by atoms with van der Waals surface area (Å²) >= 11 is 0. The average molecular weight is 421 g/mol. The van der Waals surface area contributed by atoms with Gasteiger partial charge in [0.05, 0.1) is 0 Å². The van der Waals surface area contributed by atoms with Crippen LogP contribution < -0.4 is 5.73 Å². The largest absolute Gasteiger partial charge is 0.327 e. The molecular formula is C29H44N2. The Kier molecular flexibility index (Phi) is 5.82. The van der Waals surface area contributed by atoms with E-state index in [4.69, 9.17) is 10.7 Å². The highest BCUT2D eigenvalue weighted by atomic mass is 14.8. The van der Waals surface area contributed by atoms with Gasteiger partial charge in [0.25, 0.3) is 0 Å². The molecule has 0 amide bonds. The summed E-state index contributed by atoms with van der Waals surface area (Å²) in [5.41, 5.74) is 13.4.